The predicted octanol–water partition coefficient (Wildman–Crippen LogP) is 9.18. The number of nitrogens with two attached hydrogens (primary N) is 1. The van der Waals surface area contributed by atoms with Crippen molar-refractivity contribution >= 4 is 52.1 Å². The van der Waals surface area contributed by atoms with Crippen LogP contribution >= 0.6 is 11.6 Å². The summed E-state index contributed by atoms with van der Waals surface area (Å²) in [7, 11) is 0. The van der Waals surface area contributed by atoms with Crippen LogP contribution in [0.15, 0.2) is 66.7 Å². The van der Waals surface area contributed by atoms with Crippen molar-refractivity contribution in [2.24, 2.45) is 17.6 Å². The number of imide groups is 1. The number of piperidine rings is 2. The van der Waals surface area contributed by atoms with Crippen molar-refractivity contribution in [1.29, 1.82) is 0 Å². The SMILES string of the molecule is CC(C)n1nc(N2CCC(=O)NC2=O)c2ccc(C3CCN(CC4CCN(C(=O)C5CCC(NCC[C@]6(c7ccccc7)Oc7cc(F)c(Cl)c(-c8c(C(N)=O)ccc(OCCO)c8F)c7[C@@H]6C)CC5)CC4)CC3)cc21. The third-order valence-electron chi connectivity index (χ3n) is 16.9. The number of aliphatic hydroxyl groups excluding tert-OH is 1. The Bertz CT molecular complexity index is 2990. The first-order valence-electron chi connectivity index (χ1n) is 27.2. The van der Waals surface area contributed by atoms with E-state index in [9.17, 15) is 24.3 Å². The molecule has 5 aliphatic rings. The second-order valence-corrected chi connectivity index (χ2v) is 22.1. The van der Waals surface area contributed by atoms with Crippen molar-refractivity contribution in [3.05, 3.63) is 106 Å². The fourth-order valence-electron chi connectivity index (χ4n) is 12.8. The Morgan fingerprint density at radius 3 is 2.37 bits per heavy atom. The summed E-state index contributed by atoms with van der Waals surface area (Å²) in [5.41, 5.74) is 7.77. The van der Waals surface area contributed by atoms with Crippen LogP contribution in [0, 0.1) is 23.5 Å². The minimum Gasteiger partial charge on any atom is -0.488 e. The summed E-state index contributed by atoms with van der Waals surface area (Å²) in [5.74, 6) is -1.75. The van der Waals surface area contributed by atoms with Gasteiger partial charge in [0.1, 0.15) is 23.8 Å². The van der Waals surface area contributed by atoms with Crippen molar-refractivity contribution in [2.75, 3.05) is 63.9 Å². The van der Waals surface area contributed by atoms with Gasteiger partial charge < -0.3 is 35.4 Å². The number of aliphatic hydroxyl groups is 1. The molecule has 404 valence electrons. The second kappa shape index (κ2) is 22.4. The van der Waals surface area contributed by atoms with E-state index in [1.807, 2.05) is 41.9 Å². The van der Waals surface area contributed by atoms with E-state index in [0.717, 1.165) is 101 Å². The molecule has 0 spiro atoms. The molecular weight excluding hydrogens is 994 g/mol. The van der Waals surface area contributed by atoms with Gasteiger partial charge in [0.25, 0.3) is 0 Å². The molecule has 5 aromatic rings. The Morgan fingerprint density at radius 2 is 1.68 bits per heavy atom. The number of benzene rings is 4. The average molecular weight is 1060 g/mol. The van der Waals surface area contributed by atoms with Crippen molar-refractivity contribution in [1.82, 2.24) is 30.2 Å². The molecule has 2 atom stereocenters. The number of carbonyl (C=O) groups is 4. The number of hydrogen-bond acceptors (Lipinski definition) is 10. The summed E-state index contributed by atoms with van der Waals surface area (Å²) >= 11 is 6.73. The molecule has 1 aromatic heterocycles. The number of ether oxygens (including phenoxy) is 2. The van der Waals surface area contributed by atoms with Crippen LogP contribution in [0.2, 0.25) is 5.02 Å². The smallest absolute Gasteiger partial charge is 0.329 e. The molecule has 5 N–H and O–H groups in total. The number of urea groups is 1. The lowest BCUT2D eigenvalue weighted by molar-refractivity contribution is -0.138. The van der Waals surface area contributed by atoms with E-state index in [2.05, 4.69) is 52.5 Å². The average Bonchev–Trinajstić information content (AvgIpc) is 4.05. The van der Waals surface area contributed by atoms with Gasteiger partial charge in [-0.1, -0.05) is 54.9 Å². The van der Waals surface area contributed by atoms with Gasteiger partial charge in [-0.2, -0.15) is 5.10 Å². The molecule has 1 aliphatic carbocycles. The Kier molecular flexibility index (Phi) is 15.7. The maximum absolute atomic E-state index is 16.5. The zero-order valence-electron chi connectivity index (χ0n) is 43.6. The molecule has 0 radical (unpaired) electrons. The largest absolute Gasteiger partial charge is 0.488 e. The van der Waals surface area contributed by atoms with Gasteiger partial charge in [-0.3, -0.25) is 29.3 Å². The van der Waals surface area contributed by atoms with Crippen molar-refractivity contribution in [3.8, 4) is 22.6 Å². The predicted molar refractivity (Wildman–Crippen MR) is 287 cm³/mol. The van der Waals surface area contributed by atoms with Gasteiger partial charge in [0.15, 0.2) is 17.4 Å². The fourth-order valence-corrected chi connectivity index (χ4v) is 13.0. The number of amides is 5. The van der Waals surface area contributed by atoms with E-state index in [0.29, 0.717) is 42.7 Å². The summed E-state index contributed by atoms with van der Waals surface area (Å²) in [5, 5.41) is 20.9. The van der Waals surface area contributed by atoms with Crippen LogP contribution in [-0.2, 0) is 15.2 Å². The molecule has 10 rings (SSSR count). The summed E-state index contributed by atoms with van der Waals surface area (Å²) < 4.78 is 46.6. The summed E-state index contributed by atoms with van der Waals surface area (Å²) in [6.07, 6.45) is 8.15. The van der Waals surface area contributed by atoms with Crippen molar-refractivity contribution in [2.45, 2.75) is 114 Å². The van der Waals surface area contributed by atoms with Gasteiger partial charge in [-0.25, -0.2) is 13.6 Å². The molecule has 0 unspecified atom stereocenters. The molecule has 15 nitrogen and oxygen atoms in total. The first kappa shape index (κ1) is 53.3. The number of nitrogens with zero attached hydrogens (tertiary/aromatic N) is 5. The molecule has 5 heterocycles. The summed E-state index contributed by atoms with van der Waals surface area (Å²) in [4.78, 5) is 57.6. The van der Waals surface area contributed by atoms with Crippen LogP contribution < -0.4 is 30.7 Å². The van der Waals surface area contributed by atoms with Gasteiger partial charge in [0.05, 0.1) is 22.7 Å². The number of halogens is 3. The minimum atomic E-state index is -1.03. The molecule has 4 fully saturated rings. The van der Waals surface area contributed by atoms with Crippen molar-refractivity contribution in [3.63, 3.8) is 0 Å². The molecule has 76 heavy (non-hydrogen) atoms. The highest BCUT2D eigenvalue weighted by molar-refractivity contribution is 6.34. The van der Waals surface area contributed by atoms with E-state index < -0.39 is 35.1 Å². The van der Waals surface area contributed by atoms with Gasteiger partial charge >= 0.3 is 6.03 Å². The highest BCUT2D eigenvalue weighted by Crippen LogP contribution is 2.58. The topological polar surface area (TPSA) is 185 Å². The molecule has 18 heteroatoms. The molecule has 4 aliphatic heterocycles. The maximum Gasteiger partial charge on any atom is 0.329 e. The van der Waals surface area contributed by atoms with Crippen LogP contribution in [-0.4, -0.2) is 114 Å². The first-order chi connectivity index (χ1) is 36.6. The lowest BCUT2D eigenvalue weighted by Crippen LogP contribution is -2.49. The molecule has 5 amide bonds. The van der Waals surface area contributed by atoms with Gasteiger partial charge in [0, 0.05) is 91.1 Å². The van der Waals surface area contributed by atoms with Crippen LogP contribution in [0.3, 0.4) is 0 Å². The van der Waals surface area contributed by atoms with Crippen LogP contribution in [0.1, 0.15) is 130 Å². The maximum atomic E-state index is 16.5. The van der Waals surface area contributed by atoms with E-state index in [-0.39, 0.29) is 82.7 Å². The van der Waals surface area contributed by atoms with E-state index >= 15 is 8.78 Å². The number of anilines is 1. The Morgan fingerprint density at radius 1 is 0.947 bits per heavy atom. The first-order valence-corrected chi connectivity index (χ1v) is 27.5. The number of rotatable bonds is 16. The number of fused-ring (bicyclic) bond motifs is 2. The molecule has 3 saturated heterocycles. The van der Waals surface area contributed by atoms with Crippen LogP contribution in [0.25, 0.3) is 22.0 Å². The lowest BCUT2D eigenvalue weighted by atomic mass is 9.75. The molecule has 1 saturated carbocycles. The van der Waals surface area contributed by atoms with Crippen LogP contribution in [0.5, 0.6) is 11.5 Å². The van der Waals surface area contributed by atoms with Crippen LogP contribution in [0.4, 0.5) is 19.4 Å². The minimum absolute atomic E-state index is 0.00630. The molecule has 4 aromatic carbocycles. The zero-order chi connectivity index (χ0) is 53.4. The number of primary amides is 1. The number of aromatic nitrogens is 2. The Balaban J connectivity index is 0.715. The lowest BCUT2D eigenvalue weighted by Gasteiger charge is -2.39. The number of nitrogens with one attached hydrogen (secondary N) is 2. The normalized spacial score (nSPS) is 22.8. The van der Waals surface area contributed by atoms with Gasteiger partial charge in [-0.15, -0.1) is 0 Å². The number of carbonyl (C=O) groups excluding carboxylic acids is 4. The number of hydrogen-bond donors (Lipinski definition) is 4. The Hall–Kier alpha value is -6.14. The fraction of sp³-hybridized carbons (Fsp3) is 0.500. The van der Waals surface area contributed by atoms with E-state index in [1.54, 1.807) is 4.90 Å². The van der Waals surface area contributed by atoms with Crippen molar-refractivity contribution < 1.29 is 42.5 Å². The Labute approximate surface area is 447 Å². The number of likely N-dealkylation sites (tertiary alicyclic amines) is 2. The van der Waals surface area contributed by atoms with E-state index in [1.165, 1.54) is 23.8 Å². The quantitative estimate of drug-likeness (QED) is 0.0743. The molecule has 0 bridgehead atoms. The highest BCUT2D eigenvalue weighted by atomic mass is 35.5. The standard InChI is InChI=1S/C58H69ClF2N8O7/c1-34(2)69-45-31-39(11-14-42(45)55(65-69)68-28-21-48(71)64-57(68)74)37-19-24-66(25-20-37)33-36-17-26-67(27-18-36)56(73)38-9-12-41(13-10-38)63-23-22-58(40-7-5-4-6-8-40)35(3)49-47(76-58)32-44(60)52(59)51(49)50-43(54(62)72)15-16-46(53(50)61)75-30-29-70/h4-8,11,14-16,31-32,34-38,41,63,70H,9-10,12-13,17-30,33H2,1-3H3,(H2,62,72)(H,64,71,74)/t35-,38?,41?,58-/m0/s1. The molecular formula is C58H69ClF2N8O7. The third-order valence-corrected chi connectivity index (χ3v) is 17.3. The summed E-state index contributed by atoms with van der Waals surface area (Å²) in [6.45, 7) is 11.0. The van der Waals surface area contributed by atoms with Gasteiger partial charge in [-0.05, 0) is 132 Å². The van der Waals surface area contributed by atoms with E-state index in [4.69, 9.17) is 31.9 Å². The highest BCUT2D eigenvalue weighted by Gasteiger charge is 2.50. The monoisotopic (exact) mass is 1060 g/mol. The zero-order valence-corrected chi connectivity index (χ0v) is 44.3. The van der Waals surface area contributed by atoms with Gasteiger partial charge in [0.2, 0.25) is 17.7 Å². The third kappa shape index (κ3) is 10.4. The summed E-state index contributed by atoms with van der Waals surface area (Å²) in [6, 6.07) is 19.8. The second-order valence-electron chi connectivity index (χ2n) is 21.8.